The molecule has 0 rings (SSSR count). The number of aliphatic hydroxyl groups excluding tert-OH is 1. The number of hydrogen-bond donors (Lipinski definition) is 3. The summed E-state index contributed by atoms with van der Waals surface area (Å²) in [6, 6.07) is 0.0511. The van der Waals surface area contributed by atoms with E-state index in [1.807, 2.05) is 20.8 Å². The molecule has 0 aromatic rings. The van der Waals surface area contributed by atoms with E-state index in [0.717, 1.165) is 6.42 Å². The summed E-state index contributed by atoms with van der Waals surface area (Å²) in [4.78, 5) is 11.3. The first-order valence-electron chi connectivity index (χ1n) is 5.67. The number of nitrogens with two attached hydrogens (primary N) is 1. The van der Waals surface area contributed by atoms with Crippen LogP contribution in [0.5, 0.6) is 0 Å². The molecule has 0 aliphatic carbocycles. The normalized spacial score (nSPS) is 15.8. The van der Waals surface area contributed by atoms with Crippen molar-refractivity contribution in [2.75, 3.05) is 6.54 Å². The van der Waals surface area contributed by atoms with Crippen molar-refractivity contribution < 1.29 is 9.90 Å². The molecule has 0 saturated heterocycles. The quantitative estimate of drug-likeness (QED) is 0.634. The van der Waals surface area contributed by atoms with Gasteiger partial charge >= 0.3 is 0 Å². The average molecular weight is 253 g/mol. The van der Waals surface area contributed by atoms with E-state index in [4.69, 9.17) is 5.73 Å². The lowest BCUT2D eigenvalue weighted by molar-refractivity contribution is -0.121. The van der Waals surface area contributed by atoms with Crippen molar-refractivity contribution in [1.29, 1.82) is 0 Å². The van der Waals surface area contributed by atoms with Gasteiger partial charge in [-0.1, -0.05) is 20.3 Å². The van der Waals surface area contributed by atoms with Gasteiger partial charge in [0.15, 0.2) is 0 Å². The number of nitrogens with one attached hydrogen (secondary N) is 1. The molecule has 98 valence electrons. The molecule has 0 fully saturated rings. The highest BCUT2D eigenvalue weighted by Gasteiger charge is 2.13. The summed E-state index contributed by atoms with van der Waals surface area (Å²) in [7, 11) is 0. The summed E-state index contributed by atoms with van der Waals surface area (Å²) < 4.78 is 0. The molecule has 5 heteroatoms. The van der Waals surface area contributed by atoms with E-state index in [1.54, 1.807) is 0 Å². The van der Waals surface area contributed by atoms with Crippen molar-refractivity contribution in [3.05, 3.63) is 0 Å². The average Bonchev–Trinajstić information content (AvgIpc) is 2.21. The number of hydrogen-bond acceptors (Lipinski definition) is 3. The van der Waals surface area contributed by atoms with Gasteiger partial charge in [0.2, 0.25) is 5.91 Å². The van der Waals surface area contributed by atoms with Gasteiger partial charge in [-0.2, -0.15) is 0 Å². The van der Waals surface area contributed by atoms with Crippen molar-refractivity contribution in [2.24, 2.45) is 11.7 Å². The van der Waals surface area contributed by atoms with Gasteiger partial charge in [-0.3, -0.25) is 4.79 Å². The Balaban J connectivity index is 0. The Labute approximate surface area is 104 Å². The predicted octanol–water partition coefficient (Wildman–Crippen LogP) is 1.06. The fourth-order valence-corrected chi connectivity index (χ4v) is 1.14. The Bertz CT molecular complexity index is 189. The molecular weight excluding hydrogens is 228 g/mol. The Morgan fingerprint density at radius 1 is 1.44 bits per heavy atom. The summed E-state index contributed by atoms with van der Waals surface area (Å²) in [6.07, 6.45) is 1.58. The maximum Gasteiger partial charge on any atom is 0.220 e. The molecule has 4 nitrogen and oxygen atoms in total. The van der Waals surface area contributed by atoms with Gasteiger partial charge in [-0.05, 0) is 19.3 Å². The van der Waals surface area contributed by atoms with Gasteiger partial charge in [0, 0.05) is 19.0 Å². The molecule has 0 saturated carbocycles. The van der Waals surface area contributed by atoms with E-state index < -0.39 is 6.10 Å². The lowest BCUT2D eigenvalue weighted by Gasteiger charge is -2.17. The highest BCUT2D eigenvalue weighted by Crippen LogP contribution is 2.06. The molecular formula is C11H25ClN2O2. The fraction of sp³-hybridized carbons (Fsp3) is 0.909. The van der Waals surface area contributed by atoms with Crippen LogP contribution in [0.15, 0.2) is 0 Å². The van der Waals surface area contributed by atoms with Crippen molar-refractivity contribution in [3.8, 4) is 0 Å². The van der Waals surface area contributed by atoms with E-state index in [0.29, 0.717) is 19.4 Å². The third-order valence-electron chi connectivity index (χ3n) is 2.64. The second-order valence-electron chi connectivity index (χ2n) is 4.27. The molecule has 4 N–H and O–H groups in total. The van der Waals surface area contributed by atoms with Crippen LogP contribution in [0.2, 0.25) is 0 Å². The zero-order valence-corrected chi connectivity index (χ0v) is 11.2. The summed E-state index contributed by atoms with van der Waals surface area (Å²) in [5.41, 5.74) is 5.54. The highest BCUT2D eigenvalue weighted by atomic mass is 35.5. The Morgan fingerprint density at radius 3 is 2.44 bits per heavy atom. The molecule has 0 aromatic heterocycles. The maximum atomic E-state index is 11.3. The minimum absolute atomic E-state index is 0. The first kappa shape index (κ1) is 18.1. The zero-order chi connectivity index (χ0) is 11.8. The summed E-state index contributed by atoms with van der Waals surface area (Å²) in [5, 5.41) is 12.3. The number of carbonyl (C=O) groups is 1. The predicted molar refractivity (Wildman–Crippen MR) is 68.6 cm³/mol. The Morgan fingerprint density at radius 2 is 2.00 bits per heavy atom. The van der Waals surface area contributed by atoms with Crippen molar-refractivity contribution in [3.63, 3.8) is 0 Å². The Kier molecular flexibility index (Phi) is 11.1. The second-order valence-corrected chi connectivity index (χ2v) is 4.27. The maximum absolute atomic E-state index is 11.3. The van der Waals surface area contributed by atoms with Crippen LogP contribution in [0.4, 0.5) is 0 Å². The number of carbonyl (C=O) groups excluding carboxylic acids is 1. The van der Waals surface area contributed by atoms with E-state index in [9.17, 15) is 9.90 Å². The Hall–Kier alpha value is -0.320. The van der Waals surface area contributed by atoms with Gasteiger partial charge in [-0.15, -0.1) is 12.4 Å². The van der Waals surface area contributed by atoms with Crippen LogP contribution in [-0.2, 0) is 4.79 Å². The summed E-state index contributed by atoms with van der Waals surface area (Å²) in [5.74, 6) is 0.188. The zero-order valence-electron chi connectivity index (χ0n) is 10.4. The third kappa shape index (κ3) is 8.95. The molecule has 0 aliphatic heterocycles. The highest BCUT2D eigenvalue weighted by molar-refractivity contribution is 5.85. The largest absolute Gasteiger partial charge is 0.391 e. The van der Waals surface area contributed by atoms with Gasteiger partial charge in [0.25, 0.3) is 0 Å². The number of rotatable bonds is 7. The molecule has 3 unspecified atom stereocenters. The standard InChI is InChI=1S/C11H24N2O2.ClH/c1-4-8(2)10(14)7-13-11(15)6-5-9(3)12;/h8-10,14H,4-7,12H2,1-3H3,(H,13,15);1H. The van der Waals surface area contributed by atoms with Crippen LogP contribution in [0, 0.1) is 5.92 Å². The molecule has 1 amide bonds. The molecule has 0 aromatic carbocycles. The lowest BCUT2D eigenvalue weighted by atomic mass is 10.0. The smallest absolute Gasteiger partial charge is 0.220 e. The summed E-state index contributed by atoms with van der Waals surface area (Å²) >= 11 is 0. The first-order valence-corrected chi connectivity index (χ1v) is 5.67. The fourth-order valence-electron chi connectivity index (χ4n) is 1.14. The second kappa shape index (κ2) is 9.87. The van der Waals surface area contributed by atoms with Gasteiger partial charge in [-0.25, -0.2) is 0 Å². The SMILES string of the molecule is CCC(C)C(O)CNC(=O)CCC(C)N.Cl. The number of halogens is 1. The van der Waals surface area contributed by atoms with Crippen LogP contribution in [0.25, 0.3) is 0 Å². The lowest BCUT2D eigenvalue weighted by Crippen LogP contribution is -2.35. The van der Waals surface area contributed by atoms with Crippen LogP contribution in [-0.4, -0.2) is 29.7 Å². The van der Waals surface area contributed by atoms with Gasteiger partial charge < -0.3 is 16.2 Å². The summed E-state index contributed by atoms with van der Waals surface area (Å²) in [6.45, 7) is 6.21. The van der Waals surface area contributed by atoms with Crippen molar-refractivity contribution >= 4 is 18.3 Å². The van der Waals surface area contributed by atoms with Gasteiger partial charge in [0.05, 0.1) is 6.10 Å². The van der Waals surface area contributed by atoms with E-state index in [-0.39, 0.29) is 30.3 Å². The van der Waals surface area contributed by atoms with E-state index in [1.165, 1.54) is 0 Å². The molecule has 0 bridgehead atoms. The van der Waals surface area contributed by atoms with E-state index in [2.05, 4.69) is 5.32 Å². The minimum Gasteiger partial charge on any atom is -0.391 e. The number of amides is 1. The van der Waals surface area contributed by atoms with Crippen molar-refractivity contribution in [2.45, 2.75) is 52.2 Å². The molecule has 3 atom stereocenters. The first-order chi connectivity index (χ1) is 6.97. The topological polar surface area (TPSA) is 75.3 Å². The number of aliphatic hydroxyl groups is 1. The van der Waals surface area contributed by atoms with Crippen LogP contribution >= 0.6 is 12.4 Å². The van der Waals surface area contributed by atoms with Gasteiger partial charge in [0.1, 0.15) is 0 Å². The van der Waals surface area contributed by atoms with Crippen molar-refractivity contribution in [1.82, 2.24) is 5.32 Å². The molecule has 0 spiro atoms. The van der Waals surface area contributed by atoms with Crippen LogP contribution in [0.3, 0.4) is 0 Å². The van der Waals surface area contributed by atoms with Crippen LogP contribution in [0.1, 0.15) is 40.0 Å². The molecule has 0 aliphatic rings. The van der Waals surface area contributed by atoms with Crippen LogP contribution < -0.4 is 11.1 Å². The van der Waals surface area contributed by atoms with E-state index >= 15 is 0 Å². The third-order valence-corrected chi connectivity index (χ3v) is 2.64. The monoisotopic (exact) mass is 252 g/mol. The minimum atomic E-state index is -0.450. The molecule has 16 heavy (non-hydrogen) atoms. The molecule has 0 radical (unpaired) electrons. The molecule has 0 heterocycles.